The van der Waals surface area contributed by atoms with Gasteiger partial charge in [-0.3, -0.25) is 4.79 Å². The molecule has 10 heteroatoms. The van der Waals surface area contributed by atoms with Crippen molar-refractivity contribution in [1.82, 2.24) is 4.98 Å². The summed E-state index contributed by atoms with van der Waals surface area (Å²) in [6.07, 6.45) is 1.07. The van der Waals surface area contributed by atoms with Crippen molar-refractivity contribution >= 4 is 56.6 Å². The Morgan fingerprint density at radius 2 is 1.85 bits per heavy atom. The van der Waals surface area contributed by atoms with Crippen LogP contribution in [0.1, 0.15) is 5.56 Å². The lowest BCUT2D eigenvalue weighted by Crippen LogP contribution is -2.15. The molecule has 3 aromatic rings. The maximum atomic E-state index is 13.3. The van der Waals surface area contributed by atoms with Crippen molar-refractivity contribution in [2.75, 3.05) is 5.32 Å². The first-order chi connectivity index (χ1) is 12.8. The van der Waals surface area contributed by atoms with Gasteiger partial charge in [-0.2, -0.15) is 0 Å². The molecule has 27 heavy (non-hydrogen) atoms. The Kier molecular flexibility index (Phi) is 5.71. The smallest absolute Gasteiger partial charge is 0.228 e. The Morgan fingerprint density at radius 3 is 2.56 bits per heavy atom. The maximum absolute atomic E-state index is 13.3. The molecule has 3 rings (SSSR count). The Labute approximate surface area is 164 Å². The van der Waals surface area contributed by atoms with Crippen LogP contribution in [-0.4, -0.2) is 19.7 Å². The van der Waals surface area contributed by atoms with E-state index in [4.69, 9.17) is 23.2 Å². The minimum Gasteiger partial charge on any atom is -0.326 e. The van der Waals surface area contributed by atoms with Crippen molar-refractivity contribution in [2.45, 2.75) is 11.3 Å². The third-order valence-electron chi connectivity index (χ3n) is 3.71. The first-order valence-corrected chi connectivity index (χ1v) is 9.25. The van der Waals surface area contributed by atoms with Gasteiger partial charge in [0.05, 0.1) is 11.3 Å². The van der Waals surface area contributed by atoms with E-state index in [1.807, 2.05) is 0 Å². The molecule has 0 aliphatic carbocycles. The standard InChI is InChI=1S/C17H10Cl2F2N2O3S/c18-12-7-14(21)13(20)3-8(12)4-16(24)23-9-5-11-10(1-2-22-17(11)19)15(6-9)27(25)26/h1-3,5-7H,4H2,(H,23,24)(H,25,26). The van der Waals surface area contributed by atoms with Crippen LogP contribution in [0.25, 0.3) is 10.8 Å². The van der Waals surface area contributed by atoms with Crippen LogP contribution in [-0.2, 0) is 22.3 Å². The second kappa shape index (κ2) is 7.85. The summed E-state index contributed by atoms with van der Waals surface area (Å²) < 4.78 is 47.6. The molecule has 2 N–H and O–H groups in total. The second-order valence-corrected chi connectivity index (χ2v) is 7.21. The van der Waals surface area contributed by atoms with Gasteiger partial charge in [-0.15, -0.1) is 0 Å². The molecular weight excluding hydrogens is 421 g/mol. The fourth-order valence-electron chi connectivity index (χ4n) is 2.51. The highest BCUT2D eigenvalue weighted by Gasteiger charge is 2.15. The van der Waals surface area contributed by atoms with E-state index in [0.29, 0.717) is 10.8 Å². The molecule has 1 atom stereocenters. The minimum atomic E-state index is -2.33. The zero-order valence-corrected chi connectivity index (χ0v) is 15.6. The van der Waals surface area contributed by atoms with E-state index in [-0.39, 0.29) is 32.7 Å². The maximum Gasteiger partial charge on any atom is 0.228 e. The molecular formula is C17H10Cl2F2N2O3S. The lowest BCUT2D eigenvalue weighted by Gasteiger charge is -2.11. The number of nitrogens with one attached hydrogen (secondary N) is 1. The molecule has 1 heterocycles. The first kappa shape index (κ1) is 19.6. The van der Waals surface area contributed by atoms with E-state index >= 15 is 0 Å². The topological polar surface area (TPSA) is 79.3 Å². The number of hydrogen-bond donors (Lipinski definition) is 2. The van der Waals surface area contributed by atoms with Crippen molar-refractivity contribution in [3.63, 3.8) is 0 Å². The predicted octanol–water partition coefficient (Wildman–Crippen LogP) is 4.58. The van der Waals surface area contributed by atoms with Gasteiger partial charge in [-0.1, -0.05) is 23.2 Å². The molecule has 1 unspecified atom stereocenters. The number of hydrogen-bond acceptors (Lipinski definition) is 3. The summed E-state index contributed by atoms with van der Waals surface area (Å²) in [4.78, 5) is 16.2. The van der Waals surface area contributed by atoms with Gasteiger partial charge < -0.3 is 9.87 Å². The molecule has 1 aromatic heterocycles. The molecule has 140 valence electrons. The van der Waals surface area contributed by atoms with Crippen LogP contribution in [0.2, 0.25) is 10.2 Å². The third kappa shape index (κ3) is 4.24. The second-order valence-electron chi connectivity index (χ2n) is 5.50. The van der Waals surface area contributed by atoms with E-state index in [0.717, 1.165) is 12.1 Å². The third-order valence-corrected chi connectivity index (χ3v) is 5.07. The highest BCUT2D eigenvalue weighted by atomic mass is 35.5. The van der Waals surface area contributed by atoms with Gasteiger partial charge >= 0.3 is 0 Å². The monoisotopic (exact) mass is 430 g/mol. The van der Waals surface area contributed by atoms with E-state index in [1.165, 1.54) is 24.4 Å². The van der Waals surface area contributed by atoms with Crippen LogP contribution in [0.5, 0.6) is 0 Å². The quantitative estimate of drug-likeness (QED) is 0.360. The van der Waals surface area contributed by atoms with E-state index in [2.05, 4.69) is 10.3 Å². The number of halogens is 4. The Bertz CT molecular complexity index is 1100. The number of carbonyl (C=O) groups excluding carboxylic acids is 1. The summed E-state index contributed by atoms with van der Waals surface area (Å²) in [7, 11) is 0. The lowest BCUT2D eigenvalue weighted by molar-refractivity contribution is -0.115. The number of fused-ring (bicyclic) bond motifs is 1. The van der Waals surface area contributed by atoms with Gasteiger partial charge in [0.1, 0.15) is 5.15 Å². The fraction of sp³-hybridized carbons (Fsp3) is 0.0588. The van der Waals surface area contributed by atoms with Gasteiger partial charge in [-0.25, -0.2) is 18.0 Å². The number of benzene rings is 2. The van der Waals surface area contributed by atoms with Crippen LogP contribution < -0.4 is 5.32 Å². The molecule has 0 radical (unpaired) electrons. The summed E-state index contributed by atoms with van der Waals surface area (Å²) >= 11 is 9.52. The number of pyridine rings is 1. The first-order valence-electron chi connectivity index (χ1n) is 7.38. The Morgan fingerprint density at radius 1 is 1.15 bits per heavy atom. The molecule has 0 saturated carbocycles. The molecule has 0 bridgehead atoms. The van der Waals surface area contributed by atoms with Crippen molar-refractivity contribution < 1.29 is 22.3 Å². The normalized spacial score (nSPS) is 12.2. The highest BCUT2D eigenvalue weighted by Crippen LogP contribution is 2.30. The van der Waals surface area contributed by atoms with Gasteiger partial charge in [0.25, 0.3) is 0 Å². The highest BCUT2D eigenvalue weighted by molar-refractivity contribution is 7.79. The molecule has 0 spiro atoms. The summed E-state index contributed by atoms with van der Waals surface area (Å²) in [6, 6.07) is 5.96. The van der Waals surface area contributed by atoms with Crippen LogP contribution >= 0.6 is 23.2 Å². The molecule has 1 amide bonds. The van der Waals surface area contributed by atoms with Crippen LogP contribution in [0.15, 0.2) is 41.4 Å². The zero-order valence-electron chi connectivity index (χ0n) is 13.3. The van der Waals surface area contributed by atoms with Gasteiger partial charge in [-0.05, 0) is 35.9 Å². The predicted molar refractivity (Wildman–Crippen MR) is 99.5 cm³/mol. The number of carbonyl (C=O) groups is 1. The van der Waals surface area contributed by atoms with Crippen LogP contribution in [0, 0.1) is 11.6 Å². The summed E-state index contributed by atoms with van der Waals surface area (Å²) in [6.45, 7) is 0. The summed E-state index contributed by atoms with van der Waals surface area (Å²) in [5.74, 6) is -2.82. The van der Waals surface area contributed by atoms with E-state index in [1.54, 1.807) is 0 Å². The number of nitrogens with zero attached hydrogens (tertiary/aromatic N) is 1. The van der Waals surface area contributed by atoms with Crippen LogP contribution in [0.3, 0.4) is 0 Å². The number of amides is 1. The largest absolute Gasteiger partial charge is 0.326 e. The summed E-state index contributed by atoms with van der Waals surface area (Å²) in [5.41, 5.74) is 0.290. The fourth-order valence-corrected chi connectivity index (χ4v) is 3.53. The van der Waals surface area contributed by atoms with Crippen LogP contribution in [0.4, 0.5) is 14.5 Å². The van der Waals surface area contributed by atoms with Crippen molar-refractivity contribution in [1.29, 1.82) is 0 Å². The SMILES string of the molecule is O=C(Cc1cc(F)c(F)cc1Cl)Nc1cc(S(=O)O)c2ccnc(Cl)c2c1. The van der Waals surface area contributed by atoms with Gasteiger partial charge in [0.15, 0.2) is 22.7 Å². The van der Waals surface area contributed by atoms with Crippen molar-refractivity contribution in [2.24, 2.45) is 0 Å². The molecule has 5 nitrogen and oxygen atoms in total. The molecule has 0 aliphatic rings. The van der Waals surface area contributed by atoms with E-state index in [9.17, 15) is 22.3 Å². The molecule has 2 aromatic carbocycles. The molecule has 0 saturated heterocycles. The number of rotatable bonds is 4. The zero-order chi connectivity index (χ0) is 19.7. The average molecular weight is 431 g/mol. The van der Waals surface area contributed by atoms with Gasteiger partial charge in [0.2, 0.25) is 5.91 Å². The number of anilines is 1. The molecule has 0 fully saturated rings. The van der Waals surface area contributed by atoms with Gasteiger partial charge in [0, 0.05) is 27.7 Å². The Balaban J connectivity index is 1.92. The summed E-state index contributed by atoms with van der Waals surface area (Å²) in [5, 5.41) is 3.32. The minimum absolute atomic E-state index is 0.0398. The molecule has 0 aliphatic heterocycles. The number of aromatic nitrogens is 1. The Hall–Kier alpha value is -2.13. The van der Waals surface area contributed by atoms with E-state index < -0.39 is 28.6 Å². The lowest BCUT2D eigenvalue weighted by atomic mass is 10.1. The van der Waals surface area contributed by atoms with Crippen molar-refractivity contribution in [3.05, 3.63) is 63.9 Å². The van der Waals surface area contributed by atoms with Crippen molar-refractivity contribution in [3.8, 4) is 0 Å². The average Bonchev–Trinajstić information content (AvgIpc) is 2.59.